The maximum atomic E-state index is 5.84. The van der Waals surface area contributed by atoms with Crippen LogP contribution >= 0.6 is 15.9 Å². The van der Waals surface area contributed by atoms with Crippen molar-refractivity contribution in [3.63, 3.8) is 0 Å². The molecule has 0 amide bonds. The number of rotatable bonds is 7. The van der Waals surface area contributed by atoms with E-state index in [9.17, 15) is 0 Å². The van der Waals surface area contributed by atoms with Gasteiger partial charge in [0.25, 0.3) is 0 Å². The molecule has 2 atom stereocenters. The van der Waals surface area contributed by atoms with Crippen molar-refractivity contribution in [2.24, 2.45) is 5.73 Å². The van der Waals surface area contributed by atoms with E-state index in [2.05, 4.69) is 48.0 Å². The highest BCUT2D eigenvalue weighted by Crippen LogP contribution is 2.32. The maximum absolute atomic E-state index is 5.84. The Morgan fingerprint density at radius 2 is 2.00 bits per heavy atom. The Labute approximate surface area is 119 Å². The summed E-state index contributed by atoms with van der Waals surface area (Å²) in [5.74, 6) is 1.51. The topological polar surface area (TPSA) is 35.2 Å². The van der Waals surface area contributed by atoms with Gasteiger partial charge in [-0.3, -0.25) is 0 Å². The third kappa shape index (κ3) is 4.62. The average molecular weight is 314 g/mol. The van der Waals surface area contributed by atoms with Crippen molar-refractivity contribution in [2.75, 3.05) is 6.61 Å². The number of halogens is 1. The summed E-state index contributed by atoms with van der Waals surface area (Å²) >= 11 is 3.58. The number of benzene rings is 1. The molecule has 0 radical (unpaired) electrons. The first-order valence-electron chi connectivity index (χ1n) is 6.76. The van der Waals surface area contributed by atoms with Gasteiger partial charge in [0.2, 0.25) is 0 Å². The zero-order chi connectivity index (χ0) is 13.5. The van der Waals surface area contributed by atoms with Crippen molar-refractivity contribution >= 4 is 15.9 Å². The summed E-state index contributed by atoms with van der Waals surface area (Å²) in [6, 6.07) is 6.69. The van der Waals surface area contributed by atoms with Crippen LogP contribution in [-0.4, -0.2) is 12.6 Å². The van der Waals surface area contributed by atoms with E-state index in [1.165, 1.54) is 5.56 Å². The molecule has 0 heterocycles. The van der Waals surface area contributed by atoms with E-state index < -0.39 is 0 Å². The molecule has 18 heavy (non-hydrogen) atoms. The van der Waals surface area contributed by atoms with Crippen LogP contribution in [0.4, 0.5) is 0 Å². The summed E-state index contributed by atoms with van der Waals surface area (Å²) in [5, 5.41) is 0. The van der Waals surface area contributed by atoms with Gasteiger partial charge in [0.15, 0.2) is 0 Å². The van der Waals surface area contributed by atoms with Gasteiger partial charge in [-0.25, -0.2) is 0 Å². The quantitative estimate of drug-likeness (QED) is 0.806. The highest BCUT2D eigenvalue weighted by Gasteiger charge is 2.12. The van der Waals surface area contributed by atoms with Gasteiger partial charge >= 0.3 is 0 Å². The van der Waals surface area contributed by atoms with Crippen molar-refractivity contribution in [2.45, 2.75) is 52.0 Å². The second kappa shape index (κ2) is 7.80. The van der Waals surface area contributed by atoms with E-state index in [0.717, 1.165) is 29.5 Å². The second-order valence-electron chi connectivity index (χ2n) is 4.78. The summed E-state index contributed by atoms with van der Waals surface area (Å²) in [7, 11) is 0. The smallest absolute Gasteiger partial charge is 0.133 e. The molecule has 0 saturated heterocycles. The van der Waals surface area contributed by atoms with Gasteiger partial charge in [0.05, 0.1) is 11.1 Å². The molecule has 0 spiro atoms. The van der Waals surface area contributed by atoms with E-state index >= 15 is 0 Å². The van der Waals surface area contributed by atoms with Crippen LogP contribution in [0.2, 0.25) is 0 Å². The zero-order valence-electron chi connectivity index (χ0n) is 11.6. The third-order valence-corrected chi connectivity index (χ3v) is 3.81. The third-order valence-electron chi connectivity index (χ3n) is 3.19. The lowest BCUT2D eigenvalue weighted by Gasteiger charge is -2.18. The second-order valence-corrected chi connectivity index (χ2v) is 5.64. The van der Waals surface area contributed by atoms with E-state index in [-0.39, 0.29) is 6.04 Å². The fourth-order valence-electron chi connectivity index (χ4n) is 2.11. The normalized spacial score (nSPS) is 14.3. The monoisotopic (exact) mass is 313 g/mol. The van der Waals surface area contributed by atoms with Crippen LogP contribution < -0.4 is 10.5 Å². The Morgan fingerprint density at radius 3 is 2.50 bits per heavy atom. The molecule has 1 aromatic rings. The molecule has 0 aliphatic rings. The van der Waals surface area contributed by atoms with Crippen molar-refractivity contribution in [3.05, 3.63) is 28.2 Å². The molecule has 0 fully saturated rings. The van der Waals surface area contributed by atoms with Crippen molar-refractivity contribution in [1.82, 2.24) is 0 Å². The highest BCUT2D eigenvalue weighted by molar-refractivity contribution is 9.10. The van der Waals surface area contributed by atoms with Crippen molar-refractivity contribution in [3.8, 4) is 5.75 Å². The Bertz CT molecular complexity index is 366. The van der Waals surface area contributed by atoms with Crippen LogP contribution in [0.25, 0.3) is 0 Å². The average Bonchev–Trinajstić information content (AvgIpc) is 2.33. The largest absolute Gasteiger partial charge is 0.493 e. The van der Waals surface area contributed by atoms with Gasteiger partial charge in [-0.2, -0.15) is 0 Å². The fourth-order valence-corrected chi connectivity index (χ4v) is 2.63. The van der Waals surface area contributed by atoms with Crippen LogP contribution in [0.1, 0.15) is 51.5 Å². The van der Waals surface area contributed by atoms with E-state index in [4.69, 9.17) is 10.5 Å². The van der Waals surface area contributed by atoms with Gasteiger partial charge in [-0.15, -0.1) is 0 Å². The minimum atomic E-state index is 0.283. The first-order chi connectivity index (χ1) is 8.58. The maximum Gasteiger partial charge on any atom is 0.133 e. The van der Waals surface area contributed by atoms with Gasteiger partial charge in [-0.05, 0) is 72.7 Å². The summed E-state index contributed by atoms with van der Waals surface area (Å²) in [6.45, 7) is 6.99. The molecule has 3 heteroatoms. The number of nitrogens with two attached hydrogens (primary N) is 1. The molecular weight excluding hydrogens is 290 g/mol. The molecule has 2 N–H and O–H groups in total. The number of hydrogen-bond donors (Lipinski definition) is 1. The van der Waals surface area contributed by atoms with Gasteiger partial charge in [0, 0.05) is 6.04 Å². The van der Waals surface area contributed by atoms with E-state index in [0.29, 0.717) is 12.5 Å². The molecular formula is C15H24BrNO. The van der Waals surface area contributed by atoms with E-state index in [1.54, 1.807) is 0 Å². The number of ether oxygens (including phenoxy) is 1. The highest BCUT2D eigenvalue weighted by atomic mass is 79.9. The van der Waals surface area contributed by atoms with Crippen molar-refractivity contribution in [1.29, 1.82) is 0 Å². The molecule has 1 rings (SSSR count). The van der Waals surface area contributed by atoms with Gasteiger partial charge < -0.3 is 10.5 Å². The van der Waals surface area contributed by atoms with E-state index in [1.807, 2.05) is 6.92 Å². The lowest BCUT2D eigenvalue weighted by atomic mass is 9.90. The molecule has 0 aromatic heterocycles. The van der Waals surface area contributed by atoms with Crippen molar-refractivity contribution < 1.29 is 4.74 Å². The van der Waals surface area contributed by atoms with Gasteiger partial charge in [-0.1, -0.05) is 13.0 Å². The van der Waals surface area contributed by atoms with Crippen LogP contribution in [0.5, 0.6) is 5.75 Å². The molecule has 0 saturated carbocycles. The van der Waals surface area contributed by atoms with Crippen LogP contribution in [0.3, 0.4) is 0 Å². The standard InChI is InChI=1S/C15H24BrNO/c1-4-12(7-6-11(3)17)13-8-9-15(18-5-2)14(16)10-13/h8-12H,4-7,17H2,1-3H3. The lowest BCUT2D eigenvalue weighted by Crippen LogP contribution is -2.15. The zero-order valence-corrected chi connectivity index (χ0v) is 13.2. The minimum absolute atomic E-state index is 0.283. The Balaban J connectivity index is 2.77. The number of hydrogen-bond acceptors (Lipinski definition) is 2. The lowest BCUT2D eigenvalue weighted by molar-refractivity contribution is 0.338. The molecule has 0 aliphatic heterocycles. The molecule has 102 valence electrons. The summed E-state index contributed by atoms with van der Waals surface area (Å²) in [4.78, 5) is 0. The van der Waals surface area contributed by atoms with Gasteiger partial charge in [0.1, 0.15) is 5.75 Å². The van der Waals surface area contributed by atoms with Crippen LogP contribution in [0.15, 0.2) is 22.7 Å². The Hall–Kier alpha value is -0.540. The summed E-state index contributed by atoms with van der Waals surface area (Å²) in [5.41, 5.74) is 7.21. The van der Waals surface area contributed by atoms with Crippen LogP contribution in [0, 0.1) is 0 Å². The summed E-state index contributed by atoms with van der Waals surface area (Å²) < 4.78 is 6.58. The molecule has 0 bridgehead atoms. The Kier molecular flexibility index (Phi) is 6.72. The molecule has 0 aliphatic carbocycles. The first-order valence-corrected chi connectivity index (χ1v) is 7.55. The van der Waals surface area contributed by atoms with Crippen LogP contribution in [-0.2, 0) is 0 Å². The molecule has 2 unspecified atom stereocenters. The summed E-state index contributed by atoms with van der Waals surface area (Å²) in [6.07, 6.45) is 3.37. The molecule has 1 aromatic carbocycles. The fraction of sp³-hybridized carbons (Fsp3) is 0.600. The molecule has 2 nitrogen and oxygen atoms in total. The Morgan fingerprint density at radius 1 is 1.28 bits per heavy atom. The predicted molar refractivity (Wildman–Crippen MR) is 81.2 cm³/mol. The SMILES string of the molecule is CCOc1ccc(C(CC)CCC(C)N)cc1Br. The minimum Gasteiger partial charge on any atom is -0.493 e. The first kappa shape index (κ1) is 15.5. The predicted octanol–water partition coefficient (Wildman–Crippen LogP) is 4.47.